The van der Waals surface area contributed by atoms with Crippen LogP contribution < -0.4 is 5.32 Å². The number of carbonyl (C=O) groups is 2. The summed E-state index contributed by atoms with van der Waals surface area (Å²) in [6, 6.07) is 28.0. The Morgan fingerprint density at radius 3 is 2.30 bits per heavy atom. The van der Waals surface area contributed by atoms with Crippen LogP contribution in [0.1, 0.15) is 20.7 Å². The largest absolute Gasteiger partial charge is 0.322 e. The molecule has 0 unspecified atom stereocenters. The number of benzene rings is 4. The van der Waals surface area contributed by atoms with Gasteiger partial charge in [0.1, 0.15) is 0 Å². The molecule has 4 aromatic carbocycles. The van der Waals surface area contributed by atoms with Crippen molar-refractivity contribution in [3.8, 4) is 0 Å². The highest BCUT2D eigenvalue weighted by Gasteiger charge is 2.09. The van der Waals surface area contributed by atoms with Crippen molar-refractivity contribution in [2.45, 2.75) is 4.90 Å². The van der Waals surface area contributed by atoms with Gasteiger partial charge in [0.2, 0.25) is 0 Å². The summed E-state index contributed by atoms with van der Waals surface area (Å²) in [4.78, 5) is 25.9. The molecular formula is C25H18ClNO2S. The Hall–Kier alpha value is -3.08. The molecule has 0 fully saturated rings. The van der Waals surface area contributed by atoms with E-state index in [0.29, 0.717) is 27.6 Å². The molecule has 4 aromatic rings. The maximum atomic E-state index is 12.7. The first-order chi connectivity index (χ1) is 14.6. The van der Waals surface area contributed by atoms with Gasteiger partial charge in [-0.3, -0.25) is 9.59 Å². The Morgan fingerprint density at radius 1 is 0.767 bits per heavy atom. The topological polar surface area (TPSA) is 46.2 Å². The van der Waals surface area contributed by atoms with Crippen LogP contribution in [0, 0.1) is 0 Å². The molecule has 0 aliphatic carbocycles. The van der Waals surface area contributed by atoms with Crippen molar-refractivity contribution in [2.75, 3.05) is 11.1 Å². The quantitative estimate of drug-likeness (QED) is 0.272. The van der Waals surface area contributed by atoms with E-state index in [4.69, 9.17) is 11.6 Å². The van der Waals surface area contributed by atoms with E-state index in [0.717, 1.165) is 15.7 Å². The van der Waals surface area contributed by atoms with Crippen LogP contribution in [0.25, 0.3) is 10.8 Å². The van der Waals surface area contributed by atoms with Gasteiger partial charge in [0.15, 0.2) is 5.78 Å². The van der Waals surface area contributed by atoms with E-state index >= 15 is 0 Å². The lowest BCUT2D eigenvalue weighted by atomic mass is 10.1. The molecule has 0 aliphatic rings. The summed E-state index contributed by atoms with van der Waals surface area (Å²) >= 11 is 7.30. The molecule has 3 nitrogen and oxygen atoms in total. The van der Waals surface area contributed by atoms with Gasteiger partial charge in [-0.15, -0.1) is 11.8 Å². The lowest BCUT2D eigenvalue weighted by molar-refractivity contribution is 0.101. The molecule has 0 aromatic heterocycles. The number of fused-ring (bicyclic) bond motifs is 1. The van der Waals surface area contributed by atoms with Gasteiger partial charge >= 0.3 is 0 Å². The van der Waals surface area contributed by atoms with Crippen LogP contribution in [0.2, 0.25) is 5.02 Å². The Balaban J connectivity index is 1.41. The third-order valence-corrected chi connectivity index (χ3v) is 5.89. The monoisotopic (exact) mass is 431 g/mol. The molecule has 5 heteroatoms. The number of hydrogen-bond acceptors (Lipinski definition) is 3. The molecule has 0 saturated carbocycles. The van der Waals surface area contributed by atoms with E-state index in [1.165, 1.54) is 11.8 Å². The first-order valence-corrected chi connectivity index (χ1v) is 10.8. The molecule has 4 rings (SSSR count). The molecule has 0 atom stereocenters. The van der Waals surface area contributed by atoms with Gasteiger partial charge in [-0.05, 0) is 65.4 Å². The van der Waals surface area contributed by atoms with E-state index < -0.39 is 0 Å². The van der Waals surface area contributed by atoms with Crippen molar-refractivity contribution < 1.29 is 9.59 Å². The molecule has 0 aliphatic heterocycles. The van der Waals surface area contributed by atoms with Gasteiger partial charge in [0, 0.05) is 26.7 Å². The Labute approximate surface area is 184 Å². The first-order valence-electron chi connectivity index (χ1n) is 9.40. The Morgan fingerprint density at radius 2 is 1.50 bits per heavy atom. The number of carbonyl (C=O) groups excluding carboxylic acids is 2. The highest BCUT2D eigenvalue weighted by Crippen LogP contribution is 2.24. The lowest BCUT2D eigenvalue weighted by Crippen LogP contribution is -2.11. The number of thioether (sulfide) groups is 1. The van der Waals surface area contributed by atoms with Crippen molar-refractivity contribution in [3.05, 3.63) is 107 Å². The minimum absolute atomic E-state index is 0.0299. The molecule has 0 heterocycles. The number of nitrogens with one attached hydrogen (secondary N) is 1. The van der Waals surface area contributed by atoms with Crippen molar-refractivity contribution in [2.24, 2.45) is 0 Å². The normalized spacial score (nSPS) is 10.7. The van der Waals surface area contributed by atoms with Crippen LogP contribution in [0.15, 0.2) is 95.9 Å². The number of anilines is 1. The molecule has 30 heavy (non-hydrogen) atoms. The molecule has 0 spiro atoms. The molecular weight excluding hydrogens is 414 g/mol. The number of amides is 1. The van der Waals surface area contributed by atoms with E-state index in [1.54, 1.807) is 24.3 Å². The summed E-state index contributed by atoms with van der Waals surface area (Å²) in [5.41, 5.74) is 1.93. The predicted molar refractivity (Wildman–Crippen MR) is 125 cm³/mol. The average Bonchev–Trinajstić information content (AvgIpc) is 2.78. The van der Waals surface area contributed by atoms with Crippen molar-refractivity contribution in [1.82, 2.24) is 0 Å². The Bertz CT molecular complexity index is 1220. The smallest absolute Gasteiger partial charge is 0.255 e. The fourth-order valence-corrected chi connectivity index (χ4v) is 4.04. The van der Waals surface area contributed by atoms with Crippen LogP contribution in [0.5, 0.6) is 0 Å². The first kappa shape index (κ1) is 20.2. The van der Waals surface area contributed by atoms with E-state index in [2.05, 4.69) is 5.32 Å². The van der Waals surface area contributed by atoms with E-state index in [-0.39, 0.29) is 11.7 Å². The Kier molecular flexibility index (Phi) is 6.17. The molecule has 0 bridgehead atoms. The second kappa shape index (κ2) is 9.16. The molecule has 1 amide bonds. The summed E-state index contributed by atoms with van der Waals surface area (Å²) in [7, 11) is 0. The maximum absolute atomic E-state index is 12.7. The number of ketones is 1. The zero-order valence-electron chi connectivity index (χ0n) is 16.0. The standard InChI is InChI=1S/C25H18ClNO2S/c26-21-12-10-18(11-13-21)24(28)16-30-23-7-3-6-22(15-23)27-25(29)20-9-8-17-4-1-2-5-19(17)14-20/h1-15H,16H2,(H,27,29). The summed E-state index contributed by atoms with van der Waals surface area (Å²) in [6.07, 6.45) is 0. The van der Waals surface area contributed by atoms with Crippen LogP contribution in [-0.4, -0.2) is 17.4 Å². The van der Waals surface area contributed by atoms with Crippen LogP contribution in [-0.2, 0) is 0 Å². The summed E-state index contributed by atoms with van der Waals surface area (Å²) in [5.74, 6) is 0.173. The predicted octanol–water partition coefficient (Wildman–Crippen LogP) is 6.72. The van der Waals surface area contributed by atoms with E-state index in [1.807, 2.05) is 66.7 Å². The van der Waals surface area contributed by atoms with Gasteiger partial charge < -0.3 is 5.32 Å². The SMILES string of the molecule is O=C(CSc1cccc(NC(=O)c2ccc3ccccc3c2)c1)c1ccc(Cl)cc1. The number of halogens is 1. The summed E-state index contributed by atoms with van der Waals surface area (Å²) in [6.45, 7) is 0. The number of Topliss-reactive ketones (excluding diaryl/α,β-unsaturated/α-hetero) is 1. The molecule has 0 saturated heterocycles. The van der Waals surface area contributed by atoms with Gasteiger partial charge in [0.05, 0.1) is 5.75 Å². The maximum Gasteiger partial charge on any atom is 0.255 e. The number of rotatable bonds is 6. The van der Waals surface area contributed by atoms with Crippen LogP contribution >= 0.6 is 23.4 Å². The van der Waals surface area contributed by atoms with Gasteiger partial charge in [-0.2, -0.15) is 0 Å². The fourth-order valence-electron chi connectivity index (χ4n) is 3.07. The summed E-state index contributed by atoms with van der Waals surface area (Å²) < 4.78 is 0. The number of hydrogen-bond donors (Lipinski definition) is 1. The minimum atomic E-state index is -0.167. The second-order valence-corrected chi connectivity index (χ2v) is 8.25. The fraction of sp³-hybridized carbons (Fsp3) is 0.0400. The van der Waals surface area contributed by atoms with Crippen LogP contribution in [0.3, 0.4) is 0 Å². The molecule has 1 N–H and O–H groups in total. The second-order valence-electron chi connectivity index (χ2n) is 6.76. The van der Waals surface area contributed by atoms with Crippen molar-refractivity contribution >= 4 is 51.5 Å². The highest BCUT2D eigenvalue weighted by atomic mass is 35.5. The van der Waals surface area contributed by atoms with Gasteiger partial charge in [-0.1, -0.05) is 48.0 Å². The third kappa shape index (κ3) is 4.90. The highest BCUT2D eigenvalue weighted by molar-refractivity contribution is 8.00. The lowest BCUT2D eigenvalue weighted by Gasteiger charge is -2.08. The minimum Gasteiger partial charge on any atom is -0.322 e. The molecule has 148 valence electrons. The molecule has 0 radical (unpaired) electrons. The average molecular weight is 432 g/mol. The van der Waals surface area contributed by atoms with Crippen molar-refractivity contribution in [3.63, 3.8) is 0 Å². The van der Waals surface area contributed by atoms with Gasteiger partial charge in [-0.25, -0.2) is 0 Å². The zero-order chi connectivity index (χ0) is 20.9. The van der Waals surface area contributed by atoms with E-state index in [9.17, 15) is 9.59 Å². The van der Waals surface area contributed by atoms with Crippen molar-refractivity contribution in [1.29, 1.82) is 0 Å². The summed E-state index contributed by atoms with van der Waals surface area (Å²) in [5, 5.41) is 5.66. The van der Waals surface area contributed by atoms with Crippen LogP contribution in [0.4, 0.5) is 5.69 Å². The van der Waals surface area contributed by atoms with Gasteiger partial charge in [0.25, 0.3) is 5.91 Å². The third-order valence-electron chi connectivity index (χ3n) is 4.64. The zero-order valence-corrected chi connectivity index (χ0v) is 17.5.